The third kappa shape index (κ3) is 9.13. The lowest BCUT2D eigenvalue weighted by molar-refractivity contribution is -0.274. The molecule has 10 heteroatoms. The molecule has 0 saturated carbocycles. The predicted molar refractivity (Wildman–Crippen MR) is 111 cm³/mol. The monoisotopic (exact) mass is 511 g/mol. The lowest BCUT2D eigenvalue weighted by atomic mass is 10.2. The van der Waals surface area contributed by atoms with Gasteiger partial charge in [-0.3, -0.25) is 4.99 Å². The quantitative estimate of drug-likeness (QED) is 0.241. The van der Waals surface area contributed by atoms with Gasteiger partial charge in [-0.1, -0.05) is 12.1 Å². The largest absolute Gasteiger partial charge is 0.573 e. The predicted octanol–water partition coefficient (Wildman–Crippen LogP) is 4.16. The molecule has 0 bridgehead atoms. The number of ether oxygens (including phenoxy) is 3. The van der Waals surface area contributed by atoms with Crippen LogP contribution in [0.25, 0.3) is 0 Å². The standard InChI is InChI=1S/C18H20F3N3O3.HI/c1-25-15-6-2-13(3-7-15)12-26-11-10-23-17(22)24-14-4-8-16(9-5-14)27-18(19,20)21;/h2-9H,10-12H2,1H3,(H3,22,23,24);1H. The SMILES string of the molecule is COc1ccc(COCCN=C(N)Nc2ccc(OC(F)(F)F)cc2)cc1.I. The molecule has 0 fully saturated rings. The van der Waals surface area contributed by atoms with Gasteiger partial charge in [0.25, 0.3) is 0 Å². The number of nitrogens with one attached hydrogen (secondary N) is 1. The van der Waals surface area contributed by atoms with Crippen LogP contribution >= 0.6 is 24.0 Å². The molecule has 0 heterocycles. The van der Waals surface area contributed by atoms with Crippen LogP contribution in [0.4, 0.5) is 18.9 Å². The summed E-state index contributed by atoms with van der Waals surface area (Å²) < 4.78 is 50.7. The highest BCUT2D eigenvalue weighted by Crippen LogP contribution is 2.23. The van der Waals surface area contributed by atoms with Crippen molar-refractivity contribution in [1.82, 2.24) is 0 Å². The van der Waals surface area contributed by atoms with Crippen LogP contribution in [0, 0.1) is 0 Å². The first-order valence-electron chi connectivity index (χ1n) is 7.99. The Bertz CT molecular complexity index is 738. The summed E-state index contributed by atoms with van der Waals surface area (Å²) in [4.78, 5) is 4.09. The van der Waals surface area contributed by atoms with E-state index in [4.69, 9.17) is 15.2 Å². The van der Waals surface area contributed by atoms with E-state index >= 15 is 0 Å². The van der Waals surface area contributed by atoms with Gasteiger partial charge in [-0.2, -0.15) is 0 Å². The highest BCUT2D eigenvalue weighted by atomic mass is 127. The number of guanidine groups is 1. The first-order valence-corrected chi connectivity index (χ1v) is 7.99. The number of benzene rings is 2. The van der Waals surface area contributed by atoms with E-state index in [0.717, 1.165) is 11.3 Å². The molecule has 2 aromatic carbocycles. The van der Waals surface area contributed by atoms with Crippen molar-refractivity contribution in [2.75, 3.05) is 25.6 Å². The molecule has 0 saturated heterocycles. The molecule has 0 aliphatic rings. The summed E-state index contributed by atoms with van der Waals surface area (Å²) in [6, 6.07) is 12.7. The lowest BCUT2D eigenvalue weighted by Crippen LogP contribution is -2.23. The number of methoxy groups -OCH3 is 1. The average molecular weight is 511 g/mol. The van der Waals surface area contributed by atoms with E-state index in [0.29, 0.717) is 25.4 Å². The summed E-state index contributed by atoms with van der Waals surface area (Å²) in [6.07, 6.45) is -4.72. The molecule has 0 aromatic heterocycles. The van der Waals surface area contributed by atoms with Crippen molar-refractivity contribution >= 4 is 35.6 Å². The molecular formula is C18H21F3IN3O3. The molecule has 0 spiro atoms. The van der Waals surface area contributed by atoms with Crippen molar-refractivity contribution < 1.29 is 27.4 Å². The van der Waals surface area contributed by atoms with Crippen molar-refractivity contribution in [3.05, 3.63) is 54.1 Å². The van der Waals surface area contributed by atoms with Gasteiger partial charge >= 0.3 is 6.36 Å². The fourth-order valence-electron chi connectivity index (χ4n) is 2.07. The van der Waals surface area contributed by atoms with Crippen molar-refractivity contribution in [1.29, 1.82) is 0 Å². The number of hydrogen-bond donors (Lipinski definition) is 2. The molecule has 0 aliphatic heterocycles. The number of alkyl halides is 3. The average Bonchev–Trinajstić information content (AvgIpc) is 2.62. The molecule has 0 atom stereocenters. The zero-order valence-electron chi connectivity index (χ0n) is 15.0. The van der Waals surface area contributed by atoms with E-state index in [1.165, 1.54) is 24.3 Å². The van der Waals surface area contributed by atoms with Crippen LogP contribution in [0.1, 0.15) is 5.56 Å². The Labute approximate surface area is 177 Å². The number of nitrogens with two attached hydrogens (primary N) is 1. The maximum atomic E-state index is 12.1. The van der Waals surface area contributed by atoms with Crippen LogP contribution in [0.15, 0.2) is 53.5 Å². The van der Waals surface area contributed by atoms with Crippen LogP contribution in [-0.2, 0) is 11.3 Å². The smallest absolute Gasteiger partial charge is 0.497 e. The third-order valence-electron chi connectivity index (χ3n) is 3.31. The highest BCUT2D eigenvalue weighted by Gasteiger charge is 2.30. The molecule has 3 N–H and O–H groups in total. The fourth-order valence-corrected chi connectivity index (χ4v) is 2.07. The van der Waals surface area contributed by atoms with Crippen LogP contribution < -0.4 is 20.5 Å². The van der Waals surface area contributed by atoms with Crippen LogP contribution in [0.2, 0.25) is 0 Å². The maximum Gasteiger partial charge on any atom is 0.573 e. The maximum absolute atomic E-state index is 12.1. The van der Waals surface area contributed by atoms with Gasteiger partial charge in [-0.05, 0) is 42.0 Å². The normalized spacial score (nSPS) is 11.5. The molecule has 0 amide bonds. The van der Waals surface area contributed by atoms with Gasteiger partial charge in [-0.15, -0.1) is 37.1 Å². The third-order valence-corrected chi connectivity index (χ3v) is 3.31. The Hall–Kier alpha value is -2.21. The molecule has 0 radical (unpaired) electrons. The zero-order valence-corrected chi connectivity index (χ0v) is 17.4. The molecular weight excluding hydrogens is 490 g/mol. The summed E-state index contributed by atoms with van der Waals surface area (Å²) in [5, 5.41) is 2.77. The van der Waals surface area contributed by atoms with Crippen molar-refractivity contribution in [2.24, 2.45) is 10.7 Å². The molecule has 2 aromatic rings. The molecule has 0 aliphatic carbocycles. The minimum Gasteiger partial charge on any atom is -0.497 e. The van der Waals surface area contributed by atoms with Crippen LogP contribution in [-0.4, -0.2) is 32.6 Å². The van der Waals surface area contributed by atoms with Crippen LogP contribution in [0.3, 0.4) is 0 Å². The van der Waals surface area contributed by atoms with Crippen molar-refractivity contribution in [3.8, 4) is 11.5 Å². The van der Waals surface area contributed by atoms with Gasteiger partial charge in [0.1, 0.15) is 11.5 Å². The van der Waals surface area contributed by atoms with Gasteiger partial charge in [0.05, 0.1) is 26.9 Å². The van der Waals surface area contributed by atoms with Gasteiger partial charge in [0.15, 0.2) is 5.96 Å². The molecule has 2 rings (SSSR count). The van der Waals surface area contributed by atoms with Crippen LogP contribution in [0.5, 0.6) is 11.5 Å². The minimum atomic E-state index is -4.72. The number of hydrogen-bond acceptors (Lipinski definition) is 4. The van der Waals surface area contributed by atoms with Crippen molar-refractivity contribution in [2.45, 2.75) is 13.0 Å². The van der Waals surface area contributed by atoms with Gasteiger partial charge < -0.3 is 25.3 Å². The minimum absolute atomic E-state index is 0. The Kier molecular flexibility index (Phi) is 9.87. The van der Waals surface area contributed by atoms with E-state index in [1.54, 1.807) is 7.11 Å². The second-order valence-corrected chi connectivity index (χ2v) is 5.36. The van der Waals surface area contributed by atoms with E-state index < -0.39 is 6.36 Å². The number of aliphatic imine (C=N–C) groups is 1. The Morgan fingerprint density at radius 1 is 1.04 bits per heavy atom. The van der Waals surface area contributed by atoms with Crippen molar-refractivity contribution in [3.63, 3.8) is 0 Å². The van der Waals surface area contributed by atoms with E-state index in [1.807, 2.05) is 24.3 Å². The Morgan fingerprint density at radius 3 is 2.21 bits per heavy atom. The highest BCUT2D eigenvalue weighted by molar-refractivity contribution is 14.0. The number of anilines is 1. The summed E-state index contributed by atoms with van der Waals surface area (Å²) in [7, 11) is 1.60. The van der Waals surface area contributed by atoms with E-state index in [-0.39, 0.29) is 35.7 Å². The molecule has 154 valence electrons. The van der Waals surface area contributed by atoms with Gasteiger partial charge in [0, 0.05) is 5.69 Å². The summed E-state index contributed by atoms with van der Waals surface area (Å²) in [6.45, 7) is 1.14. The molecule has 0 unspecified atom stereocenters. The summed E-state index contributed by atoms with van der Waals surface area (Å²) in [5.74, 6) is 0.600. The van der Waals surface area contributed by atoms with E-state index in [2.05, 4.69) is 15.0 Å². The van der Waals surface area contributed by atoms with Gasteiger partial charge in [0.2, 0.25) is 0 Å². The fraction of sp³-hybridized carbons (Fsp3) is 0.278. The second-order valence-electron chi connectivity index (χ2n) is 5.36. The first kappa shape index (κ1) is 23.8. The number of nitrogens with zero attached hydrogens (tertiary/aromatic N) is 1. The molecule has 28 heavy (non-hydrogen) atoms. The van der Waals surface area contributed by atoms with Gasteiger partial charge in [-0.25, -0.2) is 0 Å². The summed E-state index contributed by atoms with van der Waals surface area (Å²) in [5.41, 5.74) is 7.23. The number of halogens is 4. The number of rotatable bonds is 8. The Morgan fingerprint density at radius 2 is 1.64 bits per heavy atom. The Balaban J connectivity index is 0.00000392. The first-order chi connectivity index (χ1) is 12.9. The van der Waals surface area contributed by atoms with E-state index in [9.17, 15) is 13.2 Å². The molecule has 6 nitrogen and oxygen atoms in total. The zero-order chi connectivity index (χ0) is 19.7. The summed E-state index contributed by atoms with van der Waals surface area (Å²) >= 11 is 0. The lowest BCUT2D eigenvalue weighted by Gasteiger charge is -2.10. The topological polar surface area (TPSA) is 78.1 Å². The second kappa shape index (κ2) is 11.6.